The van der Waals surface area contributed by atoms with Crippen LogP contribution in [-0.2, 0) is 9.53 Å². The predicted molar refractivity (Wildman–Crippen MR) is 65.9 cm³/mol. The maximum Gasteiger partial charge on any atom is 0.418 e. The van der Waals surface area contributed by atoms with Crippen molar-refractivity contribution in [2.24, 2.45) is 0 Å². The van der Waals surface area contributed by atoms with E-state index in [2.05, 4.69) is 9.72 Å². The molecule has 0 atom stereocenters. The molecule has 0 unspecified atom stereocenters. The first kappa shape index (κ1) is 14.1. The summed E-state index contributed by atoms with van der Waals surface area (Å²) >= 11 is 0. The molecule has 0 aliphatic rings. The van der Waals surface area contributed by atoms with Crippen LogP contribution in [0.25, 0.3) is 11.2 Å². The monoisotopic (exact) mass is 284 g/mol. The van der Waals surface area contributed by atoms with Gasteiger partial charge in [0.25, 0.3) is 0 Å². The van der Waals surface area contributed by atoms with Crippen LogP contribution < -0.4 is 0 Å². The van der Waals surface area contributed by atoms with Gasteiger partial charge in [0, 0.05) is 12.3 Å². The number of alkyl halides is 3. The van der Waals surface area contributed by atoms with Gasteiger partial charge in [0.2, 0.25) is 0 Å². The standard InChI is InChI=1S/C13H11F3N2O2/c1-2-20-12(19)7-9(13(14,15)16)10-8-17-11-5-3-4-6-18(10)11/h3-8H,2H2,1H3/b9-7-. The zero-order chi connectivity index (χ0) is 14.8. The lowest BCUT2D eigenvalue weighted by Crippen LogP contribution is -2.15. The van der Waals surface area contributed by atoms with Gasteiger partial charge in [0.15, 0.2) is 0 Å². The van der Waals surface area contributed by atoms with Crippen molar-refractivity contribution in [3.8, 4) is 0 Å². The minimum absolute atomic E-state index is 0.00756. The van der Waals surface area contributed by atoms with Gasteiger partial charge in [-0.05, 0) is 19.1 Å². The van der Waals surface area contributed by atoms with Gasteiger partial charge < -0.3 is 4.74 Å². The third-order valence-electron chi connectivity index (χ3n) is 2.55. The SMILES string of the molecule is CCOC(=O)/C=C(/c1cnc2ccccn12)C(F)(F)F. The van der Waals surface area contributed by atoms with E-state index in [0.717, 1.165) is 6.20 Å². The summed E-state index contributed by atoms with van der Waals surface area (Å²) in [6.07, 6.45) is -1.71. The molecule has 0 saturated heterocycles. The smallest absolute Gasteiger partial charge is 0.418 e. The van der Waals surface area contributed by atoms with Crippen LogP contribution in [0.4, 0.5) is 13.2 Å². The van der Waals surface area contributed by atoms with Crippen molar-refractivity contribution in [3.05, 3.63) is 42.4 Å². The molecule has 106 valence electrons. The maximum atomic E-state index is 13.1. The van der Waals surface area contributed by atoms with Crippen LogP contribution in [0, 0.1) is 0 Å². The zero-order valence-electron chi connectivity index (χ0n) is 10.5. The normalized spacial score (nSPS) is 12.7. The van der Waals surface area contributed by atoms with E-state index in [-0.39, 0.29) is 12.3 Å². The zero-order valence-corrected chi connectivity index (χ0v) is 10.5. The molecule has 0 saturated carbocycles. The van der Waals surface area contributed by atoms with Crippen molar-refractivity contribution in [3.63, 3.8) is 0 Å². The number of pyridine rings is 1. The molecule has 4 nitrogen and oxygen atoms in total. The summed E-state index contributed by atoms with van der Waals surface area (Å²) in [6.45, 7) is 1.53. The van der Waals surface area contributed by atoms with Crippen molar-refractivity contribution >= 4 is 17.2 Å². The highest BCUT2D eigenvalue weighted by Crippen LogP contribution is 2.34. The van der Waals surface area contributed by atoms with Crippen LogP contribution in [0.15, 0.2) is 36.7 Å². The van der Waals surface area contributed by atoms with Crippen molar-refractivity contribution in [1.82, 2.24) is 9.38 Å². The Balaban J connectivity index is 2.55. The van der Waals surface area contributed by atoms with Crippen LogP contribution in [0.2, 0.25) is 0 Å². The van der Waals surface area contributed by atoms with Gasteiger partial charge in [-0.15, -0.1) is 0 Å². The number of ether oxygens (including phenoxy) is 1. The van der Waals surface area contributed by atoms with E-state index in [9.17, 15) is 18.0 Å². The molecule has 7 heteroatoms. The fraction of sp³-hybridized carbons (Fsp3) is 0.231. The summed E-state index contributed by atoms with van der Waals surface area (Å²) in [6, 6.07) is 4.81. The Morgan fingerprint density at radius 2 is 2.20 bits per heavy atom. The summed E-state index contributed by atoms with van der Waals surface area (Å²) in [4.78, 5) is 15.2. The molecular weight excluding hydrogens is 273 g/mol. The number of esters is 1. The summed E-state index contributed by atoms with van der Waals surface area (Å²) in [5, 5.41) is 0. The lowest BCUT2D eigenvalue weighted by atomic mass is 10.2. The molecule has 0 amide bonds. The Hall–Kier alpha value is -2.31. The molecule has 0 fully saturated rings. The number of hydrogen-bond donors (Lipinski definition) is 0. The van der Waals surface area contributed by atoms with Gasteiger partial charge in [-0.1, -0.05) is 6.07 Å². The molecule has 2 heterocycles. The largest absolute Gasteiger partial charge is 0.463 e. The topological polar surface area (TPSA) is 43.6 Å². The van der Waals surface area contributed by atoms with Crippen LogP contribution in [0.3, 0.4) is 0 Å². The molecule has 2 rings (SSSR count). The van der Waals surface area contributed by atoms with E-state index >= 15 is 0 Å². The van der Waals surface area contributed by atoms with E-state index in [4.69, 9.17) is 0 Å². The number of aromatic nitrogens is 2. The molecular formula is C13H11F3N2O2. The molecule has 0 aromatic carbocycles. The van der Waals surface area contributed by atoms with Gasteiger partial charge in [-0.3, -0.25) is 4.40 Å². The first-order chi connectivity index (χ1) is 9.43. The molecule has 2 aromatic rings. The molecule has 20 heavy (non-hydrogen) atoms. The fourth-order valence-electron chi connectivity index (χ4n) is 1.73. The summed E-state index contributed by atoms with van der Waals surface area (Å²) in [7, 11) is 0. The number of allylic oxidation sites excluding steroid dienone is 1. The summed E-state index contributed by atoms with van der Waals surface area (Å²) < 4.78 is 45.1. The summed E-state index contributed by atoms with van der Waals surface area (Å²) in [5.41, 5.74) is -0.933. The second-order valence-corrected chi connectivity index (χ2v) is 3.88. The Morgan fingerprint density at radius 3 is 2.85 bits per heavy atom. The third kappa shape index (κ3) is 2.81. The average molecular weight is 284 g/mol. The number of hydrogen-bond acceptors (Lipinski definition) is 3. The van der Waals surface area contributed by atoms with Crippen molar-refractivity contribution in [2.45, 2.75) is 13.1 Å². The Labute approximate surface area is 112 Å². The van der Waals surface area contributed by atoms with Gasteiger partial charge in [-0.25, -0.2) is 9.78 Å². The number of carbonyl (C=O) groups excluding carboxylic acids is 1. The first-order valence-corrected chi connectivity index (χ1v) is 5.81. The van der Waals surface area contributed by atoms with Crippen molar-refractivity contribution < 1.29 is 22.7 Å². The minimum Gasteiger partial charge on any atom is -0.463 e. The van der Waals surface area contributed by atoms with Gasteiger partial charge >= 0.3 is 12.1 Å². The highest BCUT2D eigenvalue weighted by atomic mass is 19.4. The van der Waals surface area contributed by atoms with E-state index in [0.29, 0.717) is 11.7 Å². The summed E-state index contributed by atoms with van der Waals surface area (Å²) in [5.74, 6) is -1.04. The number of carbonyl (C=O) groups is 1. The molecule has 0 aliphatic carbocycles. The highest BCUT2D eigenvalue weighted by molar-refractivity contribution is 5.92. The van der Waals surface area contributed by atoms with Crippen molar-refractivity contribution in [2.75, 3.05) is 6.61 Å². The number of fused-ring (bicyclic) bond motifs is 1. The number of imidazole rings is 1. The number of halogens is 3. The molecule has 0 radical (unpaired) electrons. The average Bonchev–Trinajstić information content (AvgIpc) is 2.78. The lowest BCUT2D eigenvalue weighted by molar-refractivity contribution is -0.137. The van der Waals surface area contributed by atoms with Crippen LogP contribution >= 0.6 is 0 Å². The first-order valence-electron chi connectivity index (χ1n) is 5.81. The molecule has 0 aliphatic heterocycles. The molecule has 0 N–H and O–H groups in total. The van der Waals surface area contributed by atoms with Crippen LogP contribution in [0.1, 0.15) is 12.6 Å². The van der Waals surface area contributed by atoms with Crippen molar-refractivity contribution in [1.29, 1.82) is 0 Å². The van der Waals surface area contributed by atoms with Gasteiger partial charge in [0.1, 0.15) is 5.65 Å². The highest BCUT2D eigenvalue weighted by Gasteiger charge is 2.37. The fourth-order valence-corrected chi connectivity index (χ4v) is 1.73. The van der Waals surface area contributed by atoms with Gasteiger partial charge in [-0.2, -0.15) is 13.2 Å². The van der Waals surface area contributed by atoms with Gasteiger partial charge in [0.05, 0.1) is 24.1 Å². The predicted octanol–water partition coefficient (Wildman–Crippen LogP) is 2.84. The van der Waals surface area contributed by atoms with E-state index in [1.165, 1.54) is 17.5 Å². The maximum absolute atomic E-state index is 13.1. The second kappa shape index (κ2) is 5.36. The Morgan fingerprint density at radius 1 is 1.45 bits per heavy atom. The lowest BCUT2D eigenvalue weighted by Gasteiger charge is -2.11. The van der Waals surface area contributed by atoms with Crippen LogP contribution in [-0.4, -0.2) is 28.1 Å². The van der Waals surface area contributed by atoms with E-state index < -0.39 is 17.7 Å². The van der Waals surface area contributed by atoms with E-state index in [1.807, 2.05) is 0 Å². The molecule has 0 spiro atoms. The Kier molecular flexibility index (Phi) is 3.78. The van der Waals surface area contributed by atoms with Crippen LogP contribution in [0.5, 0.6) is 0 Å². The third-order valence-corrected chi connectivity index (χ3v) is 2.55. The minimum atomic E-state index is -4.68. The molecule has 0 bridgehead atoms. The quantitative estimate of drug-likeness (QED) is 0.643. The second-order valence-electron chi connectivity index (χ2n) is 3.88. The Bertz CT molecular complexity index is 659. The van der Waals surface area contributed by atoms with E-state index in [1.54, 1.807) is 18.2 Å². The molecule has 2 aromatic heterocycles. The number of nitrogens with zero attached hydrogens (tertiary/aromatic N) is 2. The number of rotatable bonds is 3.